The molecule has 2 heteroatoms. The first-order valence-corrected chi connectivity index (χ1v) is 4.98. The topological polar surface area (TPSA) is 38.4 Å². The standard InChI is InChI=1S/C9H18N2.C2H6/c1-7(2)5-8(3)6-11-9(4)10;1-2/h6-7H,5H2,1-4H3,(H2,10,11);1-2H3/b8-6+;. The molecule has 78 valence electrons. The highest BCUT2D eigenvalue weighted by atomic mass is 14.8. The molecule has 0 heterocycles. The van der Waals surface area contributed by atoms with Gasteiger partial charge in [-0.05, 0) is 26.2 Å². The van der Waals surface area contributed by atoms with Gasteiger partial charge in [-0.25, -0.2) is 4.99 Å². The Labute approximate surface area is 82.9 Å². The second-order valence-corrected chi connectivity index (χ2v) is 3.34. The summed E-state index contributed by atoms with van der Waals surface area (Å²) in [4.78, 5) is 4.01. The number of hydrogen-bond acceptors (Lipinski definition) is 1. The number of nitrogens with two attached hydrogens (primary N) is 1. The van der Waals surface area contributed by atoms with E-state index in [0.29, 0.717) is 11.8 Å². The minimum absolute atomic E-state index is 0.619. The minimum atomic E-state index is 0.619. The highest BCUT2D eigenvalue weighted by Crippen LogP contribution is 2.08. The molecule has 0 unspecified atom stereocenters. The molecule has 2 N–H and O–H groups in total. The van der Waals surface area contributed by atoms with Crippen LogP contribution in [0.3, 0.4) is 0 Å². The average Bonchev–Trinajstić information content (AvgIpc) is 2.03. The lowest BCUT2D eigenvalue weighted by atomic mass is 10.1. The molecule has 13 heavy (non-hydrogen) atoms. The molecule has 0 aliphatic carbocycles. The molecule has 0 amide bonds. The van der Waals surface area contributed by atoms with E-state index in [4.69, 9.17) is 5.73 Å². The lowest BCUT2D eigenvalue weighted by Crippen LogP contribution is -2.03. The van der Waals surface area contributed by atoms with Crippen LogP contribution in [0.4, 0.5) is 0 Å². The summed E-state index contributed by atoms with van der Waals surface area (Å²) in [6.07, 6.45) is 2.94. The van der Waals surface area contributed by atoms with Gasteiger partial charge in [0, 0.05) is 6.20 Å². The van der Waals surface area contributed by atoms with Crippen molar-refractivity contribution in [3.05, 3.63) is 11.8 Å². The fraction of sp³-hybridized carbons (Fsp3) is 0.727. The molecule has 0 saturated heterocycles. The maximum absolute atomic E-state index is 5.38. The van der Waals surface area contributed by atoms with Gasteiger partial charge >= 0.3 is 0 Å². The molecule has 0 aromatic heterocycles. The van der Waals surface area contributed by atoms with Gasteiger partial charge in [-0.2, -0.15) is 0 Å². The highest BCUT2D eigenvalue weighted by Gasteiger charge is 1.93. The number of rotatable bonds is 3. The fourth-order valence-corrected chi connectivity index (χ4v) is 0.909. The maximum Gasteiger partial charge on any atom is 0.0957 e. The Bertz CT molecular complexity index is 163. The van der Waals surface area contributed by atoms with Crippen molar-refractivity contribution in [1.82, 2.24) is 0 Å². The zero-order valence-electron chi connectivity index (χ0n) is 9.89. The van der Waals surface area contributed by atoms with E-state index in [-0.39, 0.29) is 0 Å². The third-order valence-electron chi connectivity index (χ3n) is 1.22. The molecule has 0 atom stereocenters. The highest BCUT2D eigenvalue weighted by molar-refractivity contribution is 5.77. The van der Waals surface area contributed by atoms with Crippen molar-refractivity contribution < 1.29 is 0 Å². The smallest absolute Gasteiger partial charge is 0.0957 e. The summed E-state index contributed by atoms with van der Waals surface area (Å²) < 4.78 is 0. The first kappa shape index (κ1) is 14.7. The first-order chi connectivity index (χ1) is 6.02. The summed E-state index contributed by atoms with van der Waals surface area (Å²) >= 11 is 0. The number of nitrogens with zero attached hydrogens (tertiary/aromatic N) is 1. The molecule has 0 fully saturated rings. The van der Waals surface area contributed by atoms with Crippen molar-refractivity contribution in [2.75, 3.05) is 0 Å². The van der Waals surface area contributed by atoms with E-state index in [2.05, 4.69) is 25.8 Å². The van der Waals surface area contributed by atoms with Crippen LogP contribution in [0.15, 0.2) is 16.8 Å². The molecule has 0 bridgehead atoms. The molecule has 0 aliphatic heterocycles. The molecule has 0 aromatic rings. The van der Waals surface area contributed by atoms with Crippen molar-refractivity contribution in [3.63, 3.8) is 0 Å². The first-order valence-electron chi connectivity index (χ1n) is 4.98. The van der Waals surface area contributed by atoms with Gasteiger partial charge in [0.05, 0.1) is 5.84 Å². The normalized spacial score (nSPS) is 12.5. The molecule has 0 radical (unpaired) electrons. The van der Waals surface area contributed by atoms with Crippen LogP contribution in [0.5, 0.6) is 0 Å². The second-order valence-electron chi connectivity index (χ2n) is 3.34. The van der Waals surface area contributed by atoms with Gasteiger partial charge in [0.2, 0.25) is 0 Å². The number of aliphatic imine (C=N–C) groups is 1. The number of amidine groups is 1. The van der Waals surface area contributed by atoms with Crippen LogP contribution >= 0.6 is 0 Å². The van der Waals surface area contributed by atoms with Crippen LogP contribution in [-0.2, 0) is 0 Å². The van der Waals surface area contributed by atoms with Crippen LogP contribution in [0.1, 0.15) is 48.0 Å². The van der Waals surface area contributed by atoms with Crippen molar-refractivity contribution in [2.24, 2.45) is 16.6 Å². The maximum atomic E-state index is 5.38. The van der Waals surface area contributed by atoms with Gasteiger partial charge in [0.15, 0.2) is 0 Å². The van der Waals surface area contributed by atoms with E-state index in [1.807, 2.05) is 20.0 Å². The van der Waals surface area contributed by atoms with E-state index < -0.39 is 0 Å². The summed E-state index contributed by atoms with van der Waals surface area (Å²) in [5.74, 6) is 1.31. The Morgan fingerprint density at radius 3 is 2.08 bits per heavy atom. The van der Waals surface area contributed by atoms with Crippen LogP contribution in [0.25, 0.3) is 0 Å². The van der Waals surface area contributed by atoms with Gasteiger partial charge in [-0.3, -0.25) is 0 Å². The predicted octanol–water partition coefficient (Wildman–Crippen LogP) is 3.34. The Morgan fingerprint density at radius 1 is 1.31 bits per heavy atom. The van der Waals surface area contributed by atoms with E-state index in [1.165, 1.54) is 5.57 Å². The van der Waals surface area contributed by atoms with E-state index in [0.717, 1.165) is 6.42 Å². The van der Waals surface area contributed by atoms with Crippen molar-refractivity contribution in [3.8, 4) is 0 Å². The molecule has 0 aromatic carbocycles. The Morgan fingerprint density at radius 2 is 1.77 bits per heavy atom. The van der Waals surface area contributed by atoms with Crippen LogP contribution in [0.2, 0.25) is 0 Å². The molecular formula is C11H24N2. The Kier molecular flexibility index (Phi) is 10.5. The monoisotopic (exact) mass is 184 g/mol. The zero-order valence-corrected chi connectivity index (χ0v) is 9.89. The lowest BCUT2D eigenvalue weighted by molar-refractivity contribution is 0.641. The van der Waals surface area contributed by atoms with Crippen molar-refractivity contribution in [2.45, 2.75) is 48.0 Å². The van der Waals surface area contributed by atoms with Crippen LogP contribution in [0, 0.1) is 5.92 Å². The second kappa shape index (κ2) is 9.30. The molecule has 0 aliphatic rings. The molecule has 0 saturated carbocycles. The fourth-order valence-electron chi connectivity index (χ4n) is 0.909. The zero-order chi connectivity index (χ0) is 10.9. The summed E-state index contributed by atoms with van der Waals surface area (Å²) in [6.45, 7) is 12.2. The van der Waals surface area contributed by atoms with Crippen molar-refractivity contribution >= 4 is 5.84 Å². The third kappa shape index (κ3) is 14.1. The Hall–Kier alpha value is -0.790. The van der Waals surface area contributed by atoms with Crippen LogP contribution < -0.4 is 5.73 Å². The largest absolute Gasteiger partial charge is 0.387 e. The summed E-state index contributed by atoms with van der Waals surface area (Å²) in [7, 11) is 0. The van der Waals surface area contributed by atoms with Gasteiger partial charge in [0.1, 0.15) is 0 Å². The van der Waals surface area contributed by atoms with Gasteiger partial charge < -0.3 is 5.73 Å². The third-order valence-corrected chi connectivity index (χ3v) is 1.22. The summed E-state index contributed by atoms with van der Waals surface area (Å²) in [6, 6.07) is 0. The SMILES string of the molecule is CC.CC(N)=N/C=C(\C)CC(C)C. The van der Waals surface area contributed by atoms with Gasteiger partial charge in [-0.15, -0.1) is 0 Å². The number of hydrogen-bond donors (Lipinski definition) is 1. The predicted molar refractivity (Wildman–Crippen MR) is 61.9 cm³/mol. The summed E-state index contributed by atoms with van der Waals surface area (Å²) in [5.41, 5.74) is 6.66. The average molecular weight is 184 g/mol. The van der Waals surface area contributed by atoms with Gasteiger partial charge in [0.25, 0.3) is 0 Å². The quantitative estimate of drug-likeness (QED) is 0.530. The lowest BCUT2D eigenvalue weighted by Gasteiger charge is -2.02. The molecular weight excluding hydrogens is 160 g/mol. The minimum Gasteiger partial charge on any atom is -0.387 e. The van der Waals surface area contributed by atoms with E-state index in [9.17, 15) is 0 Å². The van der Waals surface area contributed by atoms with E-state index in [1.54, 1.807) is 6.92 Å². The van der Waals surface area contributed by atoms with Gasteiger partial charge in [-0.1, -0.05) is 33.3 Å². The van der Waals surface area contributed by atoms with Crippen LogP contribution in [-0.4, -0.2) is 5.84 Å². The van der Waals surface area contributed by atoms with Crippen molar-refractivity contribution in [1.29, 1.82) is 0 Å². The summed E-state index contributed by atoms with van der Waals surface area (Å²) in [5, 5.41) is 0. The number of allylic oxidation sites excluding steroid dienone is 1. The van der Waals surface area contributed by atoms with E-state index >= 15 is 0 Å². The molecule has 2 nitrogen and oxygen atoms in total. The molecule has 0 spiro atoms. The Balaban J connectivity index is 0. The molecule has 0 rings (SSSR count).